The Balaban J connectivity index is 2.00. The SMILES string of the molecule is COCCCNc1cc(C(=O)Nc2ccc(F)c(Cl)c2)ncn1. The Bertz CT molecular complexity index is 684. The van der Waals surface area contributed by atoms with Gasteiger partial charge in [0.1, 0.15) is 23.7 Å². The van der Waals surface area contributed by atoms with Gasteiger partial charge in [-0.25, -0.2) is 14.4 Å². The maximum Gasteiger partial charge on any atom is 0.274 e. The lowest BCUT2D eigenvalue weighted by molar-refractivity contribution is 0.102. The summed E-state index contributed by atoms with van der Waals surface area (Å²) in [4.78, 5) is 20.1. The third kappa shape index (κ3) is 5.15. The lowest BCUT2D eigenvalue weighted by atomic mass is 10.3. The van der Waals surface area contributed by atoms with Gasteiger partial charge >= 0.3 is 0 Å². The smallest absolute Gasteiger partial charge is 0.274 e. The summed E-state index contributed by atoms with van der Waals surface area (Å²) in [6.07, 6.45) is 2.11. The number of halogens is 2. The van der Waals surface area contributed by atoms with E-state index >= 15 is 0 Å². The number of methoxy groups -OCH3 is 1. The molecule has 0 aliphatic rings. The number of aromatic nitrogens is 2. The molecule has 1 aromatic carbocycles. The van der Waals surface area contributed by atoms with E-state index in [0.717, 1.165) is 6.42 Å². The molecule has 1 heterocycles. The van der Waals surface area contributed by atoms with Crippen molar-refractivity contribution in [2.24, 2.45) is 0 Å². The molecule has 0 atom stereocenters. The molecule has 0 unspecified atom stereocenters. The fraction of sp³-hybridized carbons (Fsp3) is 0.267. The molecule has 0 radical (unpaired) electrons. The second-order valence-electron chi connectivity index (χ2n) is 4.64. The van der Waals surface area contributed by atoms with Gasteiger partial charge in [0.2, 0.25) is 0 Å². The van der Waals surface area contributed by atoms with Crippen LogP contribution in [0.5, 0.6) is 0 Å². The first-order valence-electron chi connectivity index (χ1n) is 6.91. The van der Waals surface area contributed by atoms with E-state index in [0.29, 0.717) is 24.7 Å². The van der Waals surface area contributed by atoms with Crippen LogP contribution in [0.2, 0.25) is 5.02 Å². The predicted octanol–water partition coefficient (Wildman–Crippen LogP) is 2.97. The molecule has 0 spiro atoms. The number of carbonyl (C=O) groups excluding carboxylic acids is 1. The summed E-state index contributed by atoms with van der Waals surface area (Å²) < 4.78 is 18.1. The zero-order chi connectivity index (χ0) is 16.7. The third-order valence-corrected chi connectivity index (χ3v) is 3.20. The van der Waals surface area contributed by atoms with Gasteiger partial charge in [0.25, 0.3) is 5.91 Å². The Morgan fingerprint density at radius 1 is 1.35 bits per heavy atom. The molecule has 1 amide bonds. The maximum absolute atomic E-state index is 13.1. The lowest BCUT2D eigenvalue weighted by Crippen LogP contribution is -2.15. The molecule has 0 aliphatic carbocycles. The summed E-state index contributed by atoms with van der Waals surface area (Å²) in [7, 11) is 1.63. The average Bonchev–Trinajstić information content (AvgIpc) is 2.55. The molecular formula is C15H16ClFN4O2. The Labute approximate surface area is 138 Å². The Morgan fingerprint density at radius 3 is 2.91 bits per heavy atom. The van der Waals surface area contributed by atoms with Crippen LogP contribution in [0.25, 0.3) is 0 Å². The predicted molar refractivity (Wildman–Crippen MR) is 86.4 cm³/mol. The zero-order valence-electron chi connectivity index (χ0n) is 12.5. The molecule has 0 bridgehead atoms. The van der Waals surface area contributed by atoms with E-state index in [9.17, 15) is 9.18 Å². The van der Waals surface area contributed by atoms with E-state index in [1.165, 1.54) is 30.6 Å². The van der Waals surface area contributed by atoms with Crippen molar-refractivity contribution < 1.29 is 13.9 Å². The number of benzene rings is 1. The van der Waals surface area contributed by atoms with Crippen molar-refractivity contribution >= 4 is 29.0 Å². The first-order valence-corrected chi connectivity index (χ1v) is 7.29. The highest BCUT2D eigenvalue weighted by Gasteiger charge is 2.10. The van der Waals surface area contributed by atoms with Gasteiger partial charge in [0, 0.05) is 32.0 Å². The van der Waals surface area contributed by atoms with E-state index < -0.39 is 11.7 Å². The molecule has 2 rings (SSSR count). The highest BCUT2D eigenvalue weighted by molar-refractivity contribution is 6.31. The summed E-state index contributed by atoms with van der Waals surface area (Å²) in [5, 5.41) is 5.61. The highest BCUT2D eigenvalue weighted by Crippen LogP contribution is 2.19. The summed E-state index contributed by atoms with van der Waals surface area (Å²) in [5.74, 6) is -0.442. The summed E-state index contributed by atoms with van der Waals surface area (Å²) in [6.45, 7) is 1.30. The molecule has 1 aromatic heterocycles. The Hall–Kier alpha value is -2.25. The monoisotopic (exact) mass is 338 g/mol. The van der Waals surface area contributed by atoms with E-state index in [-0.39, 0.29) is 10.7 Å². The lowest BCUT2D eigenvalue weighted by Gasteiger charge is -2.08. The van der Waals surface area contributed by atoms with Gasteiger partial charge < -0.3 is 15.4 Å². The molecule has 8 heteroatoms. The fourth-order valence-electron chi connectivity index (χ4n) is 1.78. The van der Waals surface area contributed by atoms with Crippen molar-refractivity contribution in [3.63, 3.8) is 0 Å². The number of carbonyl (C=O) groups is 1. The first kappa shape index (κ1) is 17.1. The number of nitrogens with one attached hydrogen (secondary N) is 2. The largest absolute Gasteiger partial charge is 0.385 e. The molecule has 23 heavy (non-hydrogen) atoms. The molecule has 0 saturated carbocycles. The fourth-order valence-corrected chi connectivity index (χ4v) is 1.96. The standard InChI is InChI=1S/C15H16ClFN4O2/c1-23-6-2-5-18-14-8-13(19-9-20-14)15(22)21-10-3-4-12(17)11(16)7-10/h3-4,7-9H,2,5-6H2,1H3,(H,21,22)(H,18,19,20). The molecule has 6 nitrogen and oxygen atoms in total. The van der Waals surface area contributed by atoms with Crippen LogP contribution >= 0.6 is 11.6 Å². The summed E-state index contributed by atoms with van der Waals surface area (Å²) in [5.41, 5.74) is 0.573. The normalized spacial score (nSPS) is 10.4. The number of rotatable bonds is 7. The van der Waals surface area contributed by atoms with Crippen LogP contribution in [0, 0.1) is 5.82 Å². The van der Waals surface area contributed by atoms with Crippen molar-refractivity contribution in [3.05, 3.63) is 47.1 Å². The molecular weight excluding hydrogens is 323 g/mol. The van der Waals surface area contributed by atoms with Gasteiger partial charge in [0.05, 0.1) is 5.02 Å². The second kappa shape index (κ2) is 8.40. The van der Waals surface area contributed by atoms with Crippen LogP contribution in [0.4, 0.5) is 15.9 Å². The minimum absolute atomic E-state index is 0.0639. The van der Waals surface area contributed by atoms with Gasteiger partial charge in [-0.3, -0.25) is 4.79 Å². The van der Waals surface area contributed by atoms with Crippen LogP contribution < -0.4 is 10.6 Å². The van der Waals surface area contributed by atoms with E-state index in [1.54, 1.807) is 7.11 Å². The number of hydrogen-bond acceptors (Lipinski definition) is 5. The Morgan fingerprint density at radius 2 is 2.17 bits per heavy atom. The van der Waals surface area contributed by atoms with Crippen molar-refractivity contribution in [3.8, 4) is 0 Å². The zero-order valence-corrected chi connectivity index (χ0v) is 13.2. The maximum atomic E-state index is 13.1. The summed E-state index contributed by atoms with van der Waals surface area (Å²) >= 11 is 5.68. The van der Waals surface area contributed by atoms with Crippen molar-refractivity contribution in [1.29, 1.82) is 0 Å². The van der Waals surface area contributed by atoms with Gasteiger partial charge in [0.15, 0.2) is 0 Å². The van der Waals surface area contributed by atoms with Gasteiger partial charge in [-0.1, -0.05) is 11.6 Å². The number of ether oxygens (including phenoxy) is 1. The molecule has 0 aliphatic heterocycles. The van der Waals surface area contributed by atoms with Gasteiger partial charge in [-0.05, 0) is 24.6 Å². The van der Waals surface area contributed by atoms with Gasteiger partial charge in [-0.15, -0.1) is 0 Å². The quantitative estimate of drug-likeness (QED) is 0.759. The topological polar surface area (TPSA) is 76.1 Å². The van der Waals surface area contributed by atoms with E-state index in [1.807, 2.05) is 0 Å². The van der Waals surface area contributed by atoms with Crippen molar-refractivity contribution in [2.75, 3.05) is 30.9 Å². The molecule has 2 N–H and O–H groups in total. The number of hydrogen-bond donors (Lipinski definition) is 2. The minimum atomic E-state index is -0.547. The van der Waals surface area contributed by atoms with Crippen LogP contribution in [0.15, 0.2) is 30.6 Å². The molecule has 122 valence electrons. The van der Waals surface area contributed by atoms with E-state index in [4.69, 9.17) is 16.3 Å². The number of nitrogens with zero attached hydrogens (tertiary/aromatic N) is 2. The van der Waals surface area contributed by atoms with Crippen LogP contribution in [-0.2, 0) is 4.74 Å². The van der Waals surface area contributed by atoms with Crippen molar-refractivity contribution in [2.45, 2.75) is 6.42 Å². The molecule has 0 saturated heterocycles. The summed E-state index contributed by atoms with van der Waals surface area (Å²) in [6, 6.07) is 5.47. The van der Waals surface area contributed by atoms with Gasteiger partial charge in [-0.2, -0.15) is 0 Å². The van der Waals surface area contributed by atoms with E-state index in [2.05, 4.69) is 20.6 Å². The van der Waals surface area contributed by atoms with Crippen molar-refractivity contribution in [1.82, 2.24) is 9.97 Å². The number of amides is 1. The first-order chi connectivity index (χ1) is 11.1. The number of anilines is 2. The highest BCUT2D eigenvalue weighted by atomic mass is 35.5. The molecule has 2 aromatic rings. The van der Waals surface area contributed by atoms with Crippen LogP contribution in [-0.4, -0.2) is 36.1 Å². The van der Waals surface area contributed by atoms with Crippen LogP contribution in [0.3, 0.4) is 0 Å². The minimum Gasteiger partial charge on any atom is -0.385 e. The second-order valence-corrected chi connectivity index (χ2v) is 5.05. The van der Waals surface area contributed by atoms with Crippen LogP contribution in [0.1, 0.15) is 16.9 Å². The average molecular weight is 339 g/mol. The third-order valence-electron chi connectivity index (χ3n) is 2.91. The molecule has 0 fully saturated rings. The Kier molecular flexibility index (Phi) is 6.25.